The number of nitrogens with zero attached hydrogens (tertiary/aromatic N) is 3. The van der Waals surface area contributed by atoms with Crippen LogP contribution >= 0.6 is 11.8 Å². The number of hydrogen-bond acceptors (Lipinski definition) is 5. The van der Waals surface area contributed by atoms with E-state index in [0.717, 1.165) is 39.5 Å². The van der Waals surface area contributed by atoms with Crippen LogP contribution in [0, 0.1) is 0 Å². The smallest absolute Gasteiger partial charge is 0.196 e. The maximum absolute atomic E-state index is 5.33. The molecule has 0 radical (unpaired) electrons. The lowest BCUT2D eigenvalue weighted by atomic mass is 10.2. The highest BCUT2D eigenvalue weighted by molar-refractivity contribution is 7.98. The molecule has 29 heavy (non-hydrogen) atoms. The Bertz CT molecular complexity index is 1080. The largest absolute Gasteiger partial charge is 0.497 e. The molecule has 0 aliphatic rings. The van der Waals surface area contributed by atoms with Crippen LogP contribution in [0.4, 0.5) is 0 Å². The average molecular weight is 404 g/mol. The zero-order valence-corrected chi connectivity index (χ0v) is 17.1. The summed E-state index contributed by atoms with van der Waals surface area (Å²) in [7, 11) is 3.34. The summed E-state index contributed by atoms with van der Waals surface area (Å²) in [6.07, 6.45) is 0. The fourth-order valence-electron chi connectivity index (χ4n) is 3.01. The van der Waals surface area contributed by atoms with E-state index in [1.165, 1.54) is 5.56 Å². The van der Waals surface area contributed by atoms with Crippen molar-refractivity contribution in [2.45, 2.75) is 10.9 Å². The Morgan fingerprint density at radius 1 is 0.793 bits per heavy atom. The van der Waals surface area contributed by atoms with Gasteiger partial charge in [-0.2, -0.15) is 0 Å². The first-order chi connectivity index (χ1) is 14.3. The predicted molar refractivity (Wildman–Crippen MR) is 116 cm³/mol. The predicted octanol–water partition coefficient (Wildman–Crippen LogP) is 5.24. The van der Waals surface area contributed by atoms with Crippen LogP contribution in [0.15, 0.2) is 84.0 Å². The Hall–Kier alpha value is -3.25. The van der Waals surface area contributed by atoms with E-state index >= 15 is 0 Å². The molecule has 0 fully saturated rings. The van der Waals surface area contributed by atoms with Gasteiger partial charge in [0.2, 0.25) is 0 Å². The maximum atomic E-state index is 5.33. The van der Waals surface area contributed by atoms with Crippen LogP contribution in [-0.4, -0.2) is 29.0 Å². The third-order valence-electron chi connectivity index (χ3n) is 4.50. The molecule has 0 unspecified atom stereocenters. The third-order valence-corrected chi connectivity index (χ3v) is 5.50. The van der Waals surface area contributed by atoms with Crippen LogP contribution in [-0.2, 0) is 5.75 Å². The van der Waals surface area contributed by atoms with Crippen LogP contribution in [0.3, 0.4) is 0 Å². The van der Waals surface area contributed by atoms with E-state index in [9.17, 15) is 0 Å². The molecule has 0 amide bonds. The molecule has 0 bridgehead atoms. The van der Waals surface area contributed by atoms with E-state index in [2.05, 4.69) is 20.8 Å². The molecule has 0 saturated heterocycles. The molecular weight excluding hydrogens is 382 g/mol. The third kappa shape index (κ3) is 4.27. The summed E-state index contributed by atoms with van der Waals surface area (Å²) < 4.78 is 12.7. The van der Waals surface area contributed by atoms with Gasteiger partial charge < -0.3 is 9.47 Å². The summed E-state index contributed by atoms with van der Waals surface area (Å²) in [6, 6.07) is 26.1. The summed E-state index contributed by atoms with van der Waals surface area (Å²) in [4.78, 5) is 0. The van der Waals surface area contributed by atoms with Crippen molar-refractivity contribution in [3.63, 3.8) is 0 Å². The van der Waals surface area contributed by atoms with E-state index < -0.39 is 0 Å². The van der Waals surface area contributed by atoms with Gasteiger partial charge in [0, 0.05) is 17.0 Å². The molecule has 0 aliphatic heterocycles. The van der Waals surface area contributed by atoms with Crippen LogP contribution in [0.5, 0.6) is 11.5 Å². The molecule has 4 aromatic rings. The molecule has 4 rings (SSSR count). The van der Waals surface area contributed by atoms with E-state index in [1.54, 1.807) is 26.0 Å². The second-order valence-corrected chi connectivity index (χ2v) is 7.29. The molecule has 3 aromatic carbocycles. The first kappa shape index (κ1) is 19.1. The molecular formula is C23H21N3O2S. The van der Waals surface area contributed by atoms with Gasteiger partial charge in [0.05, 0.1) is 14.2 Å². The Morgan fingerprint density at radius 2 is 1.55 bits per heavy atom. The van der Waals surface area contributed by atoms with Crippen molar-refractivity contribution in [3.05, 3.63) is 84.4 Å². The Labute approximate surface area is 174 Å². The fourth-order valence-corrected chi connectivity index (χ4v) is 3.91. The number of aromatic nitrogens is 3. The number of hydrogen-bond donors (Lipinski definition) is 0. The van der Waals surface area contributed by atoms with E-state index in [4.69, 9.17) is 9.47 Å². The van der Waals surface area contributed by atoms with Gasteiger partial charge in [0.1, 0.15) is 11.5 Å². The molecule has 1 aromatic heterocycles. The van der Waals surface area contributed by atoms with Crippen molar-refractivity contribution in [2.75, 3.05) is 14.2 Å². The van der Waals surface area contributed by atoms with Gasteiger partial charge in [-0.3, -0.25) is 4.57 Å². The molecule has 0 saturated carbocycles. The summed E-state index contributed by atoms with van der Waals surface area (Å²) in [5.41, 5.74) is 3.17. The number of benzene rings is 3. The molecule has 146 valence electrons. The number of methoxy groups -OCH3 is 2. The van der Waals surface area contributed by atoms with Crippen molar-refractivity contribution in [2.24, 2.45) is 0 Å². The SMILES string of the molecule is COc1ccc(-n2c(SCc3cccc(OC)c3)nnc2-c2ccccc2)cc1. The van der Waals surface area contributed by atoms with Gasteiger partial charge in [0.25, 0.3) is 0 Å². The highest BCUT2D eigenvalue weighted by Crippen LogP contribution is 2.31. The summed E-state index contributed by atoms with van der Waals surface area (Å²) in [6.45, 7) is 0. The van der Waals surface area contributed by atoms with Crippen molar-refractivity contribution in [1.29, 1.82) is 0 Å². The first-order valence-electron chi connectivity index (χ1n) is 9.19. The lowest BCUT2D eigenvalue weighted by Gasteiger charge is -2.11. The zero-order valence-electron chi connectivity index (χ0n) is 16.3. The van der Waals surface area contributed by atoms with E-state index in [0.29, 0.717) is 0 Å². The molecule has 0 N–H and O–H groups in total. The number of rotatable bonds is 7. The highest BCUT2D eigenvalue weighted by Gasteiger charge is 2.16. The molecule has 6 heteroatoms. The van der Waals surface area contributed by atoms with Crippen LogP contribution in [0.1, 0.15) is 5.56 Å². The second kappa shape index (κ2) is 8.84. The quantitative estimate of drug-likeness (QED) is 0.395. The van der Waals surface area contributed by atoms with Gasteiger partial charge in [-0.15, -0.1) is 10.2 Å². The van der Waals surface area contributed by atoms with E-state index in [-0.39, 0.29) is 0 Å². The van der Waals surface area contributed by atoms with E-state index in [1.807, 2.05) is 72.8 Å². The van der Waals surface area contributed by atoms with Crippen LogP contribution < -0.4 is 9.47 Å². The Morgan fingerprint density at radius 3 is 2.28 bits per heavy atom. The molecule has 0 atom stereocenters. The molecule has 0 aliphatic carbocycles. The maximum Gasteiger partial charge on any atom is 0.196 e. The fraction of sp³-hybridized carbons (Fsp3) is 0.130. The number of thioether (sulfide) groups is 1. The normalized spacial score (nSPS) is 10.7. The summed E-state index contributed by atoms with van der Waals surface area (Å²) in [5, 5.41) is 9.80. The minimum absolute atomic E-state index is 0.764. The minimum Gasteiger partial charge on any atom is -0.497 e. The summed E-state index contributed by atoms with van der Waals surface area (Å²) in [5.74, 6) is 3.24. The van der Waals surface area contributed by atoms with Gasteiger partial charge in [-0.05, 0) is 42.0 Å². The topological polar surface area (TPSA) is 49.2 Å². The van der Waals surface area contributed by atoms with Crippen molar-refractivity contribution in [3.8, 4) is 28.6 Å². The van der Waals surface area contributed by atoms with Crippen molar-refractivity contribution in [1.82, 2.24) is 14.8 Å². The van der Waals surface area contributed by atoms with Crippen molar-refractivity contribution >= 4 is 11.8 Å². The standard InChI is InChI=1S/C23H21N3O2S/c1-27-20-13-11-19(12-14-20)26-22(18-8-4-3-5-9-18)24-25-23(26)29-16-17-7-6-10-21(15-17)28-2/h3-15H,16H2,1-2H3. The Kier molecular flexibility index (Phi) is 5.81. The minimum atomic E-state index is 0.764. The molecule has 0 spiro atoms. The van der Waals surface area contributed by atoms with Crippen LogP contribution in [0.25, 0.3) is 17.1 Å². The Balaban J connectivity index is 1.70. The molecule has 1 heterocycles. The second-order valence-electron chi connectivity index (χ2n) is 6.35. The monoisotopic (exact) mass is 403 g/mol. The van der Waals surface area contributed by atoms with Gasteiger partial charge in [-0.1, -0.05) is 54.2 Å². The highest BCUT2D eigenvalue weighted by atomic mass is 32.2. The van der Waals surface area contributed by atoms with Gasteiger partial charge in [0.15, 0.2) is 11.0 Å². The van der Waals surface area contributed by atoms with Crippen molar-refractivity contribution < 1.29 is 9.47 Å². The lowest BCUT2D eigenvalue weighted by Crippen LogP contribution is -2.00. The lowest BCUT2D eigenvalue weighted by molar-refractivity contribution is 0.414. The average Bonchev–Trinajstić information content (AvgIpc) is 3.22. The van der Waals surface area contributed by atoms with Crippen LogP contribution in [0.2, 0.25) is 0 Å². The van der Waals surface area contributed by atoms with Gasteiger partial charge in [-0.25, -0.2) is 0 Å². The first-order valence-corrected chi connectivity index (χ1v) is 10.2. The summed E-state index contributed by atoms with van der Waals surface area (Å²) >= 11 is 1.64. The van der Waals surface area contributed by atoms with Gasteiger partial charge >= 0.3 is 0 Å². The zero-order chi connectivity index (χ0) is 20.1. The number of ether oxygens (including phenoxy) is 2. The molecule has 5 nitrogen and oxygen atoms in total.